The minimum absolute atomic E-state index is 0.0232. The first kappa shape index (κ1) is 14.4. The van der Waals surface area contributed by atoms with E-state index in [1.807, 2.05) is 11.4 Å². The summed E-state index contributed by atoms with van der Waals surface area (Å²) in [6, 6.07) is 1.96. The summed E-state index contributed by atoms with van der Waals surface area (Å²) in [5, 5.41) is 3.85. The Morgan fingerprint density at radius 2 is 2.19 bits per heavy atom. The fourth-order valence-corrected chi connectivity index (χ4v) is 3.88. The molecule has 0 saturated heterocycles. The number of aryl methyl sites for hydroxylation is 1. The SMILES string of the molecule is CCc1cc2c(=O)n(Cc3csc(C(C)C)n3)cnc2s1. The van der Waals surface area contributed by atoms with E-state index >= 15 is 0 Å². The van der Waals surface area contributed by atoms with Crippen LogP contribution in [0.3, 0.4) is 0 Å². The summed E-state index contributed by atoms with van der Waals surface area (Å²) in [4.78, 5) is 23.5. The molecule has 4 nitrogen and oxygen atoms in total. The molecule has 0 spiro atoms. The minimum Gasteiger partial charge on any atom is -0.293 e. The van der Waals surface area contributed by atoms with Crippen LogP contribution in [0.1, 0.15) is 42.3 Å². The molecule has 3 heterocycles. The summed E-state index contributed by atoms with van der Waals surface area (Å²) in [5.41, 5.74) is 0.952. The highest BCUT2D eigenvalue weighted by Crippen LogP contribution is 2.22. The second kappa shape index (κ2) is 5.69. The van der Waals surface area contributed by atoms with Crippen LogP contribution in [0.15, 0.2) is 22.6 Å². The molecular formula is C15H17N3OS2. The lowest BCUT2D eigenvalue weighted by Gasteiger charge is -2.02. The molecule has 6 heteroatoms. The first-order valence-electron chi connectivity index (χ1n) is 7.00. The van der Waals surface area contributed by atoms with Gasteiger partial charge in [-0.2, -0.15) is 0 Å². The van der Waals surface area contributed by atoms with Gasteiger partial charge in [0.25, 0.3) is 5.56 Å². The van der Waals surface area contributed by atoms with Crippen LogP contribution in [-0.4, -0.2) is 14.5 Å². The van der Waals surface area contributed by atoms with Crippen molar-refractivity contribution in [2.24, 2.45) is 0 Å². The van der Waals surface area contributed by atoms with Gasteiger partial charge in [0.1, 0.15) is 4.83 Å². The second-order valence-electron chi connectivity index (χ2n) is 5.29. The van der Waals surface area contributed by atoms with Crippen molar-refractivity contribution in [2.45, 2.75) is 39.7 Å². The standard InChI is InChI=1S/C15H17N3OS2/c1-4-11-5-12-14(21-11)16-8-18(15(12)19)6-10-7-20-13(17-10)9(2)3/h5,7-9H,4,6H2,1-3H3. The first-order valence-corrected chi connectivity index (χ1v) is 8.70. The van der Waals surface area contributed by atoms with Gasteiger partial charge in [-0.1, -0.05) is 20.8 Å². The Bertz CT molecular complexity index is 829. The quantitative estimate of drug-likeness (QED) is 0.737. The van der Waals surface area contributed by atoms with E-state index in [-0.39, 0.29) is 5.56 Å². The zero-order valence-corrected chi connectivity index (χ0v) is 13.9. The Hall–Kier alpha value is -1.53. The maximum atomic E-state index is 12.5. The van der Waals surface area contributed by atoms with E-state index in [0.717, 1.165) is 27.3 Å². The number of thiophene rings is 1. The molecule has 0 aliphatic rings. The summed E-state index contributed by atoms with van der Waals surface area (Å²) in [7, 11) is 0. The van der Waals surface area contributed by atoms with Crippen molar-refractivity contribution >= 4 is 32.9 Å². The van der Waals surface area contributed by atoms with E-state index < -0.39 is 0 Å². The molecule has 0 atom stereocenters. The second-order valence-corrected chi connectivity index (χ2v) is 7.30. The van der Waals surface area contributed by atoms with E-state index in [9.17, 15) is 4.79 Å². The Balaban J connectivity index is 1.96. The number of rotatable bonds is 4. The van der Waals surface area contributed by atoms with Crippen molar-refractivity contribution in [1.29, 1.82) is 0 Å². The maximum Gasteiger partial charge on any atom is 0.262 e. The predicted molar refractivity (Wildman–Crippen MR) is 88.6 cm³/mol. The Labute approximate surface area is 131 Å². The zero-order chi connectivity index (χ0) is 15.0. The molecule has 0 amide bonds. The molecule has 0 saturated carbocycles. The molecule has 21 heavy (non-hydrogen) atoms. The van der Waals surface area contributed by atoms with Gasteiger partial charge < -0.3 is 0 Å². The van der Waals surface area contributed by atoms with Gasteiger partial charge in [0, 0.05) is 16.2 Å². The molecule has 3 aromatic heterocycles. The van der Waals surface area contributed by atoms with Crippen LogP contribution in [0.2, 0.25) is 0 Å². The first-order chi connectivity index (χ1) is 10.1. The Morgan fingerprint density at radius 1 is 1.38 bits per heavy atom. The van der Waals surface area contributed by atoms with E-state index in [1.54, 1.807) is 33.6 Å². The summed E-state index contributed by atoms with van der Waals surface area (Å²) in [5.74, 6) is 0.421. The van der Waals surface area contributed by atoms with Crippen LogP contribution in [0.25, 0.3) is 10.2 Å². The molecule has 3 rings (SSSR count). The van der Waals surface area contributed by atoms with Crippen LogP contribution >= 0.6 is 22.7 Å². The molecule has 0 unspecified atom stereocenters. The predicted octanol–water partition coefficient (Wildman–Crippen LogP) is 3.65. The van der Waals surface area contributed by atoms with Crippen LogP contribution in [0.4, 0.5) is 0 Å². The van der Waals surface area contributed by atoms with Gasteiger partial charge in [-0.25, -0.2) is 9.97 Å². The summed E-state index contributed by atoms with van der Waals surface area (Å²) in [6.07, 6.45) is 2.57. The number of hydrogen-bond donors (Lipinski definition) is 0. The highest BCUT2D eigenvalue weighted by molar-refractivity contribution is 7.18. The molecule has 0 aliphatic carbocycles. The van der Waals surface area contributed by atoms with E-state index in [2.05, 4.69) is 30.7 Å². The fourth-order valence-electron chi connectivity index (χ4n) is 2.13. The maximum absolute atomic E-state index is 12.5. The lowest BCUT2D eigenvalue weighted by molar-refractivity contribution is 0.726. The fraction of sp³-hybridized carbons (Fsp3) is 0.400. The molecule has 3 aromatic rings. The third-order valence-corrected chi connectivity index (χ3v) is 5.69. The van der Waals surface area contributed by atoms with Gasteiger partial charge in [-0.3, -0.25) is 9.36 Å². The van der Waals surface area contributed by atoms with Gasteiger partial charge in [-0.05, 0) is 12.5 Å². The number of nitrogens with zero attached hydrogens (tertiary/aromatic N) is 3. The highest BCUT2D eigenvalue weighted by atomic mass is 32.1. The number of aromatic nitrogens is 3. The van der Waals surface area contributed by atoms with Crippen molar-refractivity contribution in [1.82, 2.24) is 14.5 Å². The van der Waals surface area contributed by atoms with Crippen LogP contribution in [0.5, 0.6) is 0 Å². The van der Waals surface area contributed by atoms with Gasteiger partial charge in [0.15, 0.2) is 0 Å². The average Bonchev–Trinajstić information content (AvgIpc) is 3.08. The summed E-state index contributed by atoms with van der Waals surface area (Å²) in [6.45, 7) is 6.83. The normalized spacial score (nSPS) is 11.6. The zero-order valence-electron chi connectivity index (χ0n) is 12.3. The van der Waals surface area contributed by atoms with Crippen molar-refractivity contribution in [3.05, 3.63) is 43.7 Å². The van der Waals surface area contributed by atoms with Crippen LogP contribution < -0.4 is 5.56 Å². The molecule has 0 aliphatic heterocycles. The van der Waals surface area contributed by atoms with Gasteiger partial charge in [0.2, 0.25) is 0 Å². The number of fused-ring (bicyclic) bond motifs is 1. The van der Waals surface area contributed by atoms with E-state index in [0.29, 0.717) is 12.5 Å². The smallest absolute Gasteiger partial charge is 0.262 e. The minimum atomic E-state index is 0.0232. The lowest BCUT2D eigenvalue weighted by Crippen LogP contribution is -2.20. The molecule has 0 radical (unpaired) electrons. The topological polar surface area (TPSA) is 47.8 Å². The largest absolute Gasteiger partial charge is 0.293 e. The van der Waals surface area contributed by atoms with Crippen molar-refractivity contribution in [2.75, 3.05) is 0 Å². The third-order valence-electron chi connectivity index (χ3n) is 3.31. The molecule has 0 N–H and O–H groups in total. The van der Waals surface area contributed by atoms with Crippen LogP contribution in [0, 0.1) is 0 Å². The van der Waals surface area contributed by atoms with Gasteiger partial charge in [0.05, 0.1) is 29.0 Å². The highest BCUT2D eigenvalue weighted by Gasteiger charge is 2.11. The molecule has 110 valence electrons. The van der Waals surface area contributed by atoms with E-state index in [1.165, 1.54) is 4.88 Å². The third kappa shape index (κ3) is 2.78. The molecule has 0 fully saturated rings. The lowest BCUT2D eigenvalue weighted by atomic mass is 10.2. The average molecular weight is 319 g/mol. The van der Waals surface area contributed by atoms with E-state index in [4.69, 9.17) is 0 Å². The Kier molecular flexibility index (Phi) is 3.91. The monoisotopic (exact) mass is 319 g/mol. The van der Waals surface area contributed by atoms with Crippen molar-refractivity contribution in [3.8, 4) is 0 Å². The van der Waals surface area contributed by atoms with Crippen molar-refractivity contribution in [3.63, 3.8) is 0 Å². The molecular weight excluding hydrogens is 302 g/mol. The number of thiazole rings is 1. The number of hydrogen-bond acceptors (Lipinski definition) is 5. The van der Waals surface area contributed by atoms with Gasteiger partial charge in [-0.15, -0.1) is 22.7 Å². The van der Waals surface area contributed by atoms with Crippen molar-refractivity contribution < 1.29 is 0 Å². The molecule has 0 bridgehead atoms. The van der Waals surface area contributed by atoms with Crippen LogP contribution in [-0.2, 0) is 13.0 Å². The summed E-state index contributed by atoms with van der Waals surface area (Å²) < 4.78 is 1.65. The van der Waals surface area contributed by atoms with Gasteiger partial charge >= 0.3 is 0 Å². The molecule has 0 aromatic carbocycles. The summed E-state index contributed by atoms with van der Waals surface area (Å²) >= 11 is 3.25. The Morgan fingerprint density at radius 3 is 2.86 bits per heavy atom.